The molecule has 2 rings (SSSR count). The van der Waals surface area contributed by atoms with Crippen LogP contribution in [0.4, 0.5) is 5.69 Å². The zero-order valence-corrected chi connectivity index (χ0v) is 13.4. The van der Waals surface area contributed by atoms with E-state index in [0.717, 1.165) is 30.6 Å². The largest absolute Gasteiger partial charge is 0.372 e. The van der Waals surface area contributed by atoms with Gasteiger partial charge >= 0.3 is 0 Å². The smallest absolute Gasteiger partial charge is 0.251 e. The number of para-hydroxylation sites is 1. The Morgan fingerprint density at radius 1 is 1.09 bits per heavy atom. The number of carbonyl (C=O) groups excluding carboxylic acids is 1. The number of nitrogens with zero attached hydrogens (tertiary/aromatic N) is 1. The van der Waals surface area contributed by atoms with Crippen LogP contribution < -0.4 is 10.2 Å². The van der Waals surface area contributed by atoms with Gasteiger partial charge in [0.15, 0.2) is 0 Å². The molecule has 0 aliphatic heterocycles. The highest BCUT2D eigenvalue weighted by molar-refractivity contribution is 5.94. The second kappa shape index (κ2) is 8.23. The summed E-state index contributed by atoms with van der Waals surface area (Å²) in [5.41, 5.74) is 3.07. The first-order chi connectivity index (χ1) is 10.7. The molecule has 0 radical (unpaired) electrons. The topological polar surface area (TPSA) is 32.3 Å². The highest BCUT2D eigenvalue weighted by Crippen LogP contribution is 2.12. The van der Waals surface area contributed by atoms with E-state index in [2.05, 4.69) is 41.4 Å². The molecule has 116 valence electrons. The molecule has 1 amide bonds. The van der Waals surface area contributed by atoms with Crippen molar-refractivity contribution < 1.29 is 4.79 Å². The van der Waals surface area contributed by atoms with Gasteiger partial charge in [0.2, 0.25) is 0 Å². The first-order valence-corrected chi connectivity index (χ1v) is 7.85. The maximum Gasteiger partial charge on any atom is 0.251 e. The van der Waals surface area contributed by atoms with E-state index in [0.29, 0.717) is 6.54 Å². The zero-order chi connectivity index (χ0) is 15.8. The molecule has 0 saturated heterocycles. The lowest BCUT2D eigenvalue weighted by atomic mass is 10.1. The summed E-state index contributed by atoms with van der Waals surface area (Å²) in [5.74, 6) is 0.00598. The summed E-state index contributed by atoms with van der Waals surface area (Å²) in [6, 6.07) is 18.1. The van der Waals surface area contributed by atoms with Crippen LogP contribution in [0.25, 0.3) is 0 Å². The van der Waals surface area contributed by atoms with E-state index in [1.165, 1.54) is 5.69 Å². The third-order valence-electron chi connectivity index (χ3n) is 3.67. The van der Waals surface area contributed by atoms with E-state index in [-0.39, 0.29) is 5.91 Å². The van der Waals surface area contributed by atoms with Crippen molar-refractivity contribution in [2.75, 3.05) is 24.5 Å². The van der Waals surface area contributed by atoms with Crippen LogP contribution in [0.2, 0.25) is 0 Å². The number of anilines is 1. The molecule has 1 N–H and O–H groups in total. The van der Waals surface area contributed by atoms with Gasteiger partial charge < -0.3 is 10.2 Å². The first-order valence-electron chi connectivity index (χ1n) is 7.85. The fourth-order valence-electron chi connectivity index (χ4n) is 2.47. The molecular weight excluding hydrogens is 272 g/mol. The molecule has 0 spiro atoms. The predicted octanol–water partition coefficient (Wildman–Crippen LogP) is 3.64. The molecule has 0 aliphatic rings. The Morgan fingerprint density at radius 2 is 1.86 bits per heavy atom. The average molecular weight is 296 g/mol. The maximum atomic E-state index is 12.1. The number of rotatable bonds is 7. The third-order valence-corrected chi connectivity index (χ3v) is 3.67. The fraction of sp³-hybridized carbons (Fsp3) is 0.316. The lowest BCUT2D eigenvalue weighted by molar-refractivity contribution is 0.0953. The SMILES string of the molecule is CCN(CCCNC(=O)c1cccc(C)c1)c1ccccc1. The molecule has 3 heteroatoms. The van der Waals surface area contributed by atoms with Gasteiger partial charge in [0, 0.05) is 30.9 Å². The van der Waals surface area contributed by atoms with E-state index in [1.54, 1.807) is 0 Å². The number of amides is 1. The van der Waals surface area contributed by atoms with Crippen molar-refractivity contribution in [3.63, 3.8) is 0 Å². The molecule has 0 heterocycles. The van der Waals surface area contributed by atoms with Gasteiger partial charge in [-0.05, 0) is 44.5 Å². The molecule has 0 fully saturated rings. The molecule has 2 aromatic rings. The van der Waals surface area contributed by atoms with Crippen molar-refractivity contribution in [3.8, 4) is 0 Å². The van der Waals surface area contributed by atoms with Crippen LogP contribution in [-0.4, -0.2) is 25.5 Å². The normalized spacial score (nSPS) is 10.3. The van der Waals surface area contributed by atoms with Crippen LogP contribution in [0.15, 0.2) is 54.6 Å². The van der Waals surface area contributed by atoms with Crippen molar-refractivity contribution in [2.24, 2.45) is 0 Å². The summed E-state index contributed by atoms with van der Waals surface area (Å²) < 4.78 is 0. The van der Waals surface area contributed by atoms with E-state index >= 15 is 0 Å². The molecule has 3 nitrogen and oxygen atoms in total. The van der Waals surface area contributed by atoms with E-state index in [4.69, 9.17) is 0 Å². The Labute approximate surface area is 133 Å². The summed E-state index contributed by atoms with van der Waals surface area (Å²) in [4.78, 5) is 14.4. The van der Waals surface area contributed by atoms with Crippen LogP contribution in [0.3, 0.4) is 0 Å². The van der Waals surface area contributed by atoms with Gasteiger partial charge in [-0.3, -0.25) is 4.79 Å². The van der Waals surface area contributed by atoms with Crippen molar-refractivity contribution in [1.29, 1.82) is 0 Å². The number of nitrogens with one attached hydrogen (secondary N) is 1. The quantitative estimate of drug-likeness (QED) is 0.791. The maximum absolute atomic E-state index is 12.1. The van der Waals surface area contributed by atoms with Crippen LogP contribution >= 0.6 is 0 Å². The van der Waals surface area contributed by atoms with Gasteiger partial charge in [-0.15, -0.1) is 0 Å². The minimum absolute atomic E-state index is 0.00598. The molecule has 22 heavy (non-hydrogen) atoms. The van der Waals surface area contributed by atoms with Crippen LogP contribution in [0, 0.1) is 6.92 Å². The van der Waals surface area contributed by atoms with E-state index in [9.17, 15) is 4.79 Å². The van der Waals surface area contributed by atoms with Gasteiger partial charge in [-0.1, -0.05) is 35.9 Å². The van der Waals surface area contributed by atoms with Crippen LogP contribution in [0.5, 0.6) is 0 Å². The number of hydrogen-bond donors (Lipinski definition) is 1. The minimum atomic E-state index is 0.00598. The summed E-state index contributed by atoms with van der Waals surface area (Å²) in [6.45, 7) is 6.74. The summed E-state index contributed by atoms with van der Waals surface area (Å²) in [6.07, 6.45) is 0.931. The average Bonchev–Trinajstić information content (AvgIpc) is 2.55. The fourth-order valence-corrected chi connectivity index (χ4v) is 2.47. The minimum Gasteiger partial charge on any atom is -0.372 e. The molecule has 0 aliphatic carbocycles. The summed E-state index contributed by atoms with van der Waals surface area (Å²) >= 11 is 0. The Balaban J connectivity index is 1.78. The number of hydrogen-bond acceptors (Lipinski definition) is 2. The standard InChI is InChI=1S/C19H24N2O/c1-3-21(18-11-5-4-6-12-18)14-8-13-20-19(22)17-10-7-9-16(2)15-17/h4-7,9-12,15H,3,8,13-14H2,1-2H3,(H,20,22). The summed E-state index contributed by atoms with van der Waals surface area (Å²) in [5, 5.41) is 2.99. The highest BCUT2D eigenvalue weighted by atomic mass is 16.1. The van der Waals surface area contributed by atoms with Gasteiger partial charge in [-0.2, -0.15) is 0 Å². The molecule has 2 aromatic carbocycles. The third kappa shape index (κ3) is 4.62. The van der Waals surface area contributed by atoms with Gasteiger partial charge in [0.25, 0.3) is 5.91 Å². The predicted molar refractivity (Wildman–Crippen MR) is 92.5 cm³/mol. The molecule has 0 atom stereocenters. The van der Waals surface area contributed by atoms with Crippen LogP contribution in [-0.2, 0) is 0 Å². The second-order valence-electron chi connectivity index (χ2n) is 5.39. The molecule has 0 bridgehead atoms. The van der Waals surface area contributed by atoms with E-state index < -0.39 is 0 Å². The van der Waals surface area contributed by atoms with Crippen molar-refractivity contribution in [1.82, 2.24) is 5.32 Å². The van der Waals surface area contributed by atoms with E-state index in [1.807, 2.05) is 37.3 Å². The lowest BCUT2D eigenvalue weighted by Gasteiger charge is -2.23. The monoisotopic (exact) mass is 296 g/mol. The lowest BCUT2D eigenvalue weighted by Crippen LogP contribution is -2.29. The summed E-state index contributed by atoms with van der Waals surface area (Å²) in [7, 11) is 0. The Bertz CT molecular complexity index is 595. The Morgan fingerprint density at radius 3 is 2.55 bits per heavy atom. The number of aryl methyl sites for hydroxylation is 1. The number of carbonyl (C=O) groups is 1. The van der Waals surface area contributed by atoms with Crippen molar-refractivity contribution in [3.05, 3.63) is 65.7 Å². The molecular formula is C19H24N2O. The first kappa shape index (κ1) is 16.1. The Kier molecular flexibility index (Phi) is 6.01. The van der Waals surface area contributed by atoms with Gasteiger partial charge in [0.05, 0.1) is 0 Å². The highest BCUT2D eigenvalue weighted by Gasteiger charge is 2.06. The zero-order valence-electron chi connectivity index (χ0n) is 13.4. The van der Waals surface area contributed by atoms with Crippen LogP contribution in [0.1, 0.15) is 29.3 Å². The van der Waals surface area contributed by atoms with Crippen molar-refractivity contribution in [2.45, 2.75) is 20.3 Å². The van der Waals surface area contributed by atoms with Gasteiger partial charge in [-0.25, -0.2) is 0 Å². The Hall–Kier alpha value is -2.29. The van der Waals surface area contributed by atoms with Gasteiger partial charge in [0.1, 0.15) is 0 Å². The molecule has 0 aromatic heterocycles. The van der Waals surface area contributed by atoms with Crippen molar-refractivity contribution >= 4 is 11.6 Å². The molecule has 0 saturated carbocycles. The molecule has 0 unspecified atom stereocenters. The number of benzene rings is 2. The second-order valence-corrected chi connectivity index (χ2v) is 5.39.